The lowest BCUT2D eigenvalue weighted by Crippen LogP contribution is -2.31. The van der Waals surface area contributed by atoms with Gasteiger partial charge in [-0.3, -0.25) is 4.79 Å². The highest BCUT2D eigenvalue weighted by atomic mass is 35.5. The summed E-state index contributed by atoms with van der Waals surface area (Å²) in [5.41, 5.74) is 0.0782. The molecule has 104 valence electrons. The molecule has 0 aliphatic rings. The Hall–Kier alpha value is -1.72. The average molecular weight is 311 g/mol. The molecule has 0 saturated carbocycles. The maximum Gasteiger partial charge on any atom is 0.273 e. The van der Waals surface area contributed by atoms with Gasteiger partial charge in [0.15, 0.2) is 0 Å². The summed E-state index contributed by atoms with van der Waals surface area (Å²) < 4.78 is 13.8. The highest BCUT2D eigenvalue weighted by Crippen LogP contribution is 2.23. The van der Waals surface area contributed by atoms with Crippen molar-refractivity contribution in [1.82, 2.24) is 9.88 Å². The summed E-state index contributed by atoms with van der Waals surface area (Å²) in [5.74, 6) is -1.01. The quantitative estimate of drug-likeness (QED) is 0.622. The standard InChI is InChI=1S/C14H12ClFN2OS/c1-2-8-18(9-10-6-7-12(15)20-10)14(19)11-4-3-5-13(16)17-11/h2-7H,1,8-9H2. The molecule has 0 aromatic carbocycles. The van der Waals surface area contributed by atoms with Gasteiger partial charge in [-0.25, -0.2) is 4.98 Å². The van der Waals surface area contributed by atoms with Crippen LogP contribution in [0.1, 0.15) is 15.4 Å². The van der Waals surface area contributed by atoms with Gasteiger partial charge >= 0.3 is 0 Å². The van der Waals surface area contributed by atoms with Crippen molar-refractivity contribution in [1.29, 1.82) is 0 Å². The van der Waals surface area contributed by atoms with E-state index in [4.69, 9.17) is 11.6 Å². The second kappa shape index (κ2) is 6.63. The molecule has 0 aliphatic heterocycles. The summed E-state index contributed by atoms with van der Waals surface area (Å²) in [6.45, 7) is 4.37. The van der Waals surface area contributed by atoms with Gasteiger partial charge in [0.2, 0.25) is 5.95 Å². The summed E-state index contributed by atoms with van der Waals surface area (Å²) in [4.78, 5) is 18.4. The van der Waals surface area contributed by atoms with Crippen LogP contribution in [0.15, 0.2) is 43.0 Å². The maximum absolute atomic E-state index is 13.1. The molecule has 0 bridgehead atoms. The number of hydrogen-bond acceptors (Lipinski definition) is 3. The van der Waals surface area contributed by atoms with Crippen molar-refractivity contribution >= 4 is 28.8 Å². The Bertz CT molecular complexity index is 629. The first-order valence-corrected chi connectivity index (χ1v) is 7.06. The number of hydrogen-bond donors (Lipinski definition) is 0. The molecule has 2 rings (SSSR count). The topological polar surface area (TPSA) is 33.2 Å². The van der Waals surface area contributed by atoms with Crippen molar-refractivity contribution in [3.8, 4) is 0 Å². The molecule has 0 spiro atoms. The lowest BCUT2D eigenvalue weighted by molar-refractivity contribution is 0.0757. The largest absolute Gasteiger partial charge is 0.328 e. The SMILES string of the molecule is C=CCN(Cc1ccc(Cl)s1)C(=O)c1cccc(F)n1. The second-order valence-electron chi connectivity index (χ2n) is 4.03. The van der Waals surface area contributed by atoms with E-state index in [1.54, 1.807) is 12.1 Å². The van der Waals surface area contributed by atoms with Crippen LogP contribution in [0.4, 0.5) is 4.39 Å². The van der Waals surface area contributed by atoms with Crippen LogP contribution in [-0.2, 0) is 6.54 Å². The monoisotopic (exact) mass is 310 g/mol. The minimum atomic E-state index is -0.673. The summed E-state index contributed by atoms with van der Waals surface area (Å²) in [7, 11) is 0. The molecule has 0 aliphatic carbocycles. The highest BCUT2D eigenvalue weighted by Gasteiger charge is 2.17. The Morgan fingerprint density at radius 1 is 1.45 bits per heavy atom. The number of rotatable bonds is 5. The van der Waals surface area contributed by atoms with Crippen LogP contribution in [0.5, 0.6) is 0 Å². The molecule has 0 atom stereocenters. The van der Waals surface area contributed by atoms with E-state index in [-0.39, 0.29) is 11.6 Å². The summed E-state index contributed by atoms with van der Waals surface area (Å²) in [6, 6.07) is 7.79. The van der Waals surface area contributed by atoms with E-state index in [1.807, 2.05) is 6.07 Å². The molecule has 2 heterocycles. The van der Waals surface area contributed by atoms with E-state index in [0.29, 0.717) is 17.4 Å². The van der Waals surface area contributed by atoms with Crippen LogP contribution in [0, 0.1) is 5.95 Å². The third kappa shape index (κ3) is 3.65. The lowest BCUT2D eigenvalue weighted by Gasteiger charge is -2.19. The zero-order chi connectivity index (χ0) is 14.5. The van der Waals surface area contributed by atoms with E-state index >= 15 is 0 Å². The van der Waals surface area contributed by atoms with Gasteiger partial charge in [-0.05, 0) is 24.3 Å². The average Bonchev–Trinajstić information content (AvgIpc) is 2.83. The molecule has 0 unspecified atom stereocenters. The van der Waals surface area contributed by atoms with Gasteiger partial charge in [-0.15, -0.1) is 17.9 Å². The van der Waals surface area contributed by atoms with Crippen molar-refractivity contribution in [2.45, 2.75) is 6.54 Å². The van der Waals surface area contributed by atoms with Crippen molar-refractivity contribution in [3.05, 3.63) is 63.8 Å². The number of nitrogens with zero attached hydrogens (tertiary/aromatic N) is 2. The predicted octanol–water partition coefficient (Wildman–Crippen LogP) is 3.76. The number of amides is 1. The number of pyridine rings is 1. The maximum atomic E-state index is 13.1. The summed E-state index contributed by atoms with van der Waals surface area (Å²) in [5, 5.41) is 0. The van der Waals surface area contributed by atoms with Gasteiger partial charge in [0, 0.05) is 11.4 Å². The van der Waals surface area contributed by atoms with E-state index in [2.05, 4.69) is 11.6 Å². The van der Waals surface area contributed by atoms with Gasteiger partial charge in [0.05, 0.1) is 10.9 Å². The number of thiophene rings is 1. The summed E-state index contributed by atoms with van der Waals surface area (Å²) >= 11 is 7.27. The van der Waals surface area contributed by atoms with E-state index in [9.17, 15) is 9.18 Å². The fourth-order valence-corrected chi connectivity index (χ4v) is 2.79. The molecule has 0 radical (unpaired) electrons. The Kier molecular flexibility index (Phi) is 4.87. The van der Waals surface area contributed by atoms with Crippen molar-refractivity contribution < 1.29 is 9.18 Å². The van der Waals surface area contributed by atoms with Crippen LogP contribution < -0.4 is 0 Å². The minimum Gasteiger partial charge on any atom is -0.328 e. The molecule has 2 aromatic heterocycles. The van der Waals surface area contributed by atoms with E-state index in [1.165, 1.54) is 34.4 Å². The van der Waals surface area contributed by atoms with Crippen LogP contribution in [0.25, 0.3) is 0 Å². The van der Waals surface area contributed by atoms with E-state index < -0.39 is 5.95 Å². The molecular weight excluding hydrogens is 299 g/mol. The first-order valence-electron chi connectivity index (χ1n) is 5.87. The summed E-state index contributed by atoms with van der Waals surface area (Å²) in [6.07, 6.45) is 1.62. The Labute approximate surface area is 125 Å². The molecule has 6 heteroatoms. The third-order valence-electron chi connectivity index (χ3n) is 2.55. The Morgan fingerprint density at radius 3 is 2.85 bits per heavy atom. The van der Waals surface area contributed by atoms with Gasteiger partial charge in [-0.2, -0.15) is 4.39 Å². The molecule has 1 amide bonds. The van der Waals surface area contributed by atoms with Gasteiger partial charge in [0.25, 0.3) is 5.91 Å². The third-order valence-corrected chi connectivity index (χ3v) is 3.76. The van der Waals surface area contributed by atoms with Crippen LogP contribution >= 0.6 is 22.9 Å². The molecular formula is C14H12ClFN2OS. The zero-order valence-electron chi connectivity index (χ0n) is 10.6. The second-order valence-corrected chi connectivity index (χ2v) is 5.83. The van der Waals surface area contributed by atoms with E-state index in [0.717, 1.165) is 4.88 Å². The molecule has 3 nitrogen and oxygen atoms in total. The first-order chi connectivity index (χ1) is 9.60. The molecule has 0 fully saturated rings. The smallest absolute Gasteiger partial charge is 0.273 e. The van der Waals surface area contributed by atoms with Crippen LogP contribution in [0.2, 0.25) is 4.34 Å². The van der Waals surface area contributed by atoms with Crippen molar-refractivity contribution in [3.63, 3.8) is 0 Å². The van der Waals surface area contributed by atoms with Crippen LogP contribution in [-0.4, -0.2) is 22.3 Å². The van der Waals surface area contributed by atoms with Crippen molar-refractivity contribution in [2.75, 3.05) is 6.54 Å². The number of aromatic nitrogens is 1. The lowest BCUT2D eigenvalue weighted by atomic mass is 10.3. The number of carbonyl (C=O) groups excluding carboxylic acids is 1. The Balaban J connectivity index is 2.19. The molecule has 0 N–H and O–H groups in total. The molecule has 20 heavy (non-hydrogen) atoms. The fraction of sp³-hybridized carbons (Fsp3) is 0.143. The normalized spacial score (nSPS) is 10.3. The number of halogens is 2. The number of carbonyl (C=O) groups is 1. The predicted molar refractivity (Wildman–Crippen MR) is 78.5 cm³/mol. The van der Waals surface area contributed by atoms with Gasteiger partial charge < -0.3 is 4.90 Å². The molecule has 2 aromatic rings. The minimum absolute atomic E-state index is 0.0782. The van der Waals surface area contributed by atoms with Gasteiger partial charge in [-0.1, -0.05) is 23.7 Å². The first kappa shape index (κ1) is 14.7. The van der Waals surface area contributed by atoms with Crippen LogP contribution in [0.3, 0.4) is 0 Å². The Morgan fingerprint density at radius 2 is 2.25 bits per heavy atom. The zero-order valence-corrected chi connectivity index (χ0v) is 12.1. The fourth-order valence-electron chi connectivity index (χ4n) is 1.69. The molecule has 0 saturated heterocycles. The van der Waals surface area contributed by atoms with Gasteiger partial charge in [0.1, 0.15) is 5.69 Å². The van der Waals surface area contributed by atoms with Crippen molar-refractivity contribution in [2.24, 2.45) is 0 Å². The highest BCUT2D eigenvalue weighted by molar-refractivity contribution is 7.16.